The van der Waals surface area contributed by atoms with Crippen molar-refractivity contribution in [1.82, 2.24) is 10.3 Å². The fraction of sp³-hybridized carbons (Fsp3) is 0.312. The summed E-state index contributed by atoms with van der Waals surface area (Å²) in [5, 5.41) is 8.68. The first-order valence-electron chi connectivity index (χ1n) is 7.11. The zero-order valence-electron chi connectivity index (χ0n) is 11.1. The molecule has 0 saturated heterocycles. The maximum atomic E-state index is 5.44. The molecule has 4 heteroatoms. The quantitative estimate of drug-likeness (QED) is 0.584. The molecule has 2 aromatic rings. The van der Waals surface area contributed by atoms with Crippen molar-refractivity contribution in [3.8, 4) is 0 Å². The second-order valence-corrected chi connectivity index (χ2v) is 6.17. The van der Waals surface area contributed by atoms with Crippen molar-refractivity contribution >= 4 is 33.9 Å². The Hall–Kier alpha value is -1.81. The molecule has 0 spiro atoms. The highest BCUT2D eigenvalue weighted by molar-refractivity contribution is 7.80. The Morgan fingerprint density at radius 3 is 2.95 bits per heavy atom. The lowest BCUT2D eigenvalue weighted by Gasteiger charge is -2.22. The molecule has 4 rings (SSSR count). The Morgan fingerprint density at radius 1 is 1.20 bits per heavy atom. The van der Waals surface area contributed by atoms with E-state index in [0.717, 1.165) is 22.2 Å². The minimum Gasteiger partial charge on any atom is -0.361 e. The van der Waals surface area contributed by atoms with Crippen LogP contribution in [0.3, 0.4) is 0 Å². The first kappa shape index (κ1) is 12.0. The van der Waals surface area contributed by atoms with E-state index in [1.807, 2.05) is 12.3 Å². The van der Waals surface area contributed by atoms with Crippen LogP contribution in [0.1, 0.15) is 12.8 Å². The SMILES string of the molecule is S=C(Nc1ccc2[nH]ccc2c1)N[C@H]1C[C@H]2C=C[C@H]1C2. The molecule has 3 atom stereocenters. The molecule has 2 aliphatic rings. The van der Waals surface area contributed by atoms with E-state index in [2.05, 4.69) is 46.0 Å². The molecule has 0 unspecified atom stereocenters. The van der Waals surface area contributed by atoms with E-state index in [9.17, 15) is 0 Å². The van der Waals surface area contributed by atoms with E-state index < -0.39 is 0 Å². The van der Waals surface area contributed by atoms with Crippen LogP contribution in [-0.4, -0.2) is 16.1 Å². The summed E-state index contributed by atoms with van der Waals surface area (Å²) in [5.74, 6) is 1.42. The molecule has 20 heavy (non-hydrogen) atoms. The maximum absolute atomic E-state index is 5.44. The lowest BCUT2D eigenvalue weighted by atomic mass is 10.0. The molecule has 0 aliphatic heterocycles. The van der Waals surface area contributed by atoms with Crippen LogP contribution in [0, 0.1) is 11.8 Å². The van der Waals surface area contributed by atoms with Crippen LogP contribution in [0.2, 0.25) is 0 Å². The average Bonchev–Trinajstić information content (AvgIpc) is 3.13. The fourth-order valence-electron chi connectivity index (χ4n) is 3.41. The second-order valence-electron chi connectivity index (χ2n) is 5.76. The highest BCUT2D eigenvalue weighted by Gasteiger charge is 2.35. The van der Waals surface area contributed by atoms with E-state index in [1.165, 1.54) is 18.2 Å². The Bertz CT molecular complexity index is 688. The number of hydrogen-bond donors (Lipinski definition) is 3. The van der Waals surface area contributed by atoms with Crippen molar-refractivity contribution in [3.05, 3.63) is 42.6 Å². The van der Waals surface area contributed by atoms with Crippen LogP contribution in [0.25, 0.3) is 10.9 Å². The molecule has 102 valence electrons. The Balaban J connectivity index is 1.43. The predicted octanol–water partition coefficient (Wildman–Crippen LogP) is 3.42. The zero-order valence-corrected chi connectivity index (χ0v) is 11.9. The van der Waals surface area contributed by atoms with E-state index >= 15 is 0 Å². The number of rotatable bonds is 2. The number of aromatic amines is 1. The van der Waals surface area contributed by atoms with Crippen molar-refractivity contribution in [2.24, 2.45) is 11.8 Å². The Morgan fingerprint density at radius 2 is 2.15 bits per heavy atom. The van der Waals surface area contributed by atoms with Crippen molar-refractivity contribution < 1.29 is 0 Å². The van der Waals surface area contributed by atoms with Gasteiger partial charge in [0.2, 0.25) is 0 Å². The van der Waals surface area contributed by atoms with Gasteiger partial charge in [0.15, 0.2) is 5.11 Å². The van der Waals surface area contributed by atoms with Gasteiger partial charge in [0.25, 0.3) is 0 Å². The van der Waals surface area contributed by atoms with Gasteiger partial charge in [0, 0.05) is 28.8 Å². The third-order valence-electron chi connectivity index (χ3n) is 4.41. The van der Waals surface area contributed by atoms with Crippen LogP contribution < -0.4 is 10.6 Å². The van der Waals surface area contributed by atoms with Crippen LogP contribution in [0.4, 0.5) is 5.69 Å². The topological polar surface area (TPSA) is 39.9 Å². The number of hydrogen-bond acceptors (Lipinski definition) is 1. The molecule has 2 bridgehead atoms. The van der Waals surface area contributed by atoms with Gasteiger partial charge in [0.1, 0.15) is 0 Å². The smallest absolute Gasteiger partial charge is 0.171 e. The van der Waals surface area contributed by atoms with Crippen LogP contribution in [0.5, 0.6) is 0 Å². The van der Waals surface area contributed by atoms with Gasteiger partial charge in [-0.25, -0.2) is 0 Å². The second kappa shape index (κ2) is 4.63. The summed E-state index contributed by atoms with van der Waals surface area (Å²) in [6.07, 6.45) is 9.13. The average molecular weight is 283 g/mol. The summed E-state index contributed by atoms with van der Waals surface area (Å²) in [6, 6.07) is 8.80. The van der Waals surface area contributed by atoms with Crippen LogP contribution in [-0.2, 0) is 0 Å². The van der Waals surface area contributed by atoms with Crippen molar-refractivity contribution in [2.45, 2.75) is 18.9 Å². The molecule has 3 nitrogen and oxygen atoms in total. The van der Waals surface area contributed by atoms with Gasteiger partial charge in [-0.2, -0.15) is 0 Å². The van der Waals surface area contributed by atoms with Crippen LogP contribution in [0.15, 0.2) is 42.6 Å². The molecule has 1 aromatic heterocycles. The standard InChI is InChI=1S/C16H17N3S/c20-16(19-15-8-10-1-2-11(15)7-10)18-13-3-4-14-12(9-13)5-6-17-14/h1-6,9-11,15,17H,7-8H2,(H2,18,19,20)/t10-,11-,15-/m0/s1. The van der Waals surface area contributed by atoms with E-state index in [1.54, 1.807) is 0 Å². The van der Waals surface area contributed by atoms with Crippen LogP contribution >= 0.6 is 12.2 Å². The molecular formula is C16H17N3S. The number of nitrogens with one attached hydrogen (secondary N) is 3. The number of benzene rings is 1. The van der Waals surface area contributed by atoms with Gasteiger partial charge in [-0.05, 0) is 61.2 Å². The largest absolute Gasteiger partial charge is 0.361 e. The highest BCUT2D eigenvalue weighted by atomic mass is 32.1. The number of fused-ring (bicyclic) bond motifs is 3. The maximum Gasteiger partial charge on any atom is 0.171 e. The van der Waals surface area contributed by atoms with Gasteiger partial charge in [-0.3, -0.25) is 0 Å². The number of H-pyrrole nitrogens is 1. The third kappa shape index (κ3) is 2.10. The first-order valence-corrected chi connectivity index (χ1v) is 7.52. The molecule has 1 aromatic carbocycles. The molecule has 1 fully saturated rings. The van der Waals surface area contributed by atoms with Crippen molar-refractivity contribution in [1.29, 1.82) is 0 Å². The third-order valence-corrected chi connectivity index (χ3v) is 4.63. The Kier molecular flexibility index (Phi) is 2.77. The number of anilines is 1. The number of aromatic nitrogens is 1. The van der Waals surface area contributed by atoms with Gasteiger partial charge in [-0.15, -0.1) is 0 Å². The van der Waals surface area contributed by atoms with E-state index in [0.29, 0.717) is 12.0 Å². The summed E-state index contributed by atoms with van der Waals surface area (Å²) in [7, 11) is 0. The van der Waals surface area contributed by atoms with Gasteiger partial charge in [0.05, 0.1) is 0 Å². The molecule has 1 heterocycles. The fourth-order valence-corrected chi connectivity index (χ4v) is 3.68. The summed E-state index contributed by atoms with van der Waals surface area (Å²) in [5.41, 5.74) is 2.18. The summed E-state index contributed by atoms with van der Waals surface area (Å²) < 4.78 is 0. The molecular weight excluding hydrogens is 266 g/mol. The van der Waals surface area contributed by atoms with Crippen molar-refractivity contribution in [2.75, 3.05) is 5.32 Å². The van der Waals surface area contributed by atoms with E-state index in [4.69, 9.17) is 12.2 Å². The zero-order chi connectivity index (χ0) is 13.5. The molecule has 2 aliphatic carbocycles. The molecule has 0 amide bonds. The van der Waals surface area contributed by atoms with Gasteiger partial charge in [-0.1, -0.05) is 12.2 Å². The minimum atomic E-state index is 0.501. The lowest BCUT2D eigenvalue weighted by Crippen LogP contribution is -2.40. The van der Waals surface area contributed by atoms with Gasteiger partial charge < -0.3 is 15.6 Å². The number of allylic oxidation sites excluding steroid dienone is 1. The van der Waals surface area contributed by atoms with E-state index in [-0.39, 0.29) is 0 Å². The number of thiocarbonyl (C=S) groups is 1. The normalized spacial score (nSPS) is 27.1. The molecule has 3 N–H and O–H groups in total. The Labute approximate surface area is 123 Å². The minimum absolute atomic E-state index is 0.501. The summed E-state index contributed by atoms with van der Waals surface area (Å²) in [4.78, 5) is 3.19. The predicted molar refractivity (Wildman–Crippen MR) is 86.8 cm³/mol. The monoisotopic (exact) mass is 283 g/mol. The van der Waals surface area contributed by atoms with Crippen molar-refractivity contribution in [3.63, 3.8) is 0 Å². The first-order chi connectivity index (χ1) is 9.78. The van der Waals surface area contributed by atoms with Gasteiger partial charge >= 0.3 is 0 Å². The summed E-state index contributed by atoms with van der Waals surface area (Å²) >= 11 is 5.44. The highest BCUT2D eigenvalue weighted by Crippen LogP contribution is 2.38. The molecule has 1 saturated carbocycles. The lowest BCUT2D eigenvalue weighted by molar-refractivity contribution is 0.526. The molecule has 0 radical (unpaired) electrons. The summed E-state index contributed by atoms with van der Waals surface area (Å²) in [6.45, 7) is 0.